The molecule has 0 spiro atoms. The highest BCUT2D eigenvalue weighted by Gasteiger charge is 2.28. The molecule has 1 amide bonds. The number of amides is 1. The lowest BCUT2D eigenvalue weighted by Crippen LogP contribution is -2.29. The summed E-state index contributed by atoms with van der Waals surface area (Å²) in [6.45, 7) is 3.13. The fourth-order valence-electron chi connectivity index (χ4n) is 2.84. The molecule has 1 aliphatic rings. The Hall–Kier alpha value is -1.79. The van der Waals surface area contributed by atoms with Gasteiger partial charge in [-0.15, -0.1) is 12.4 Å². The minimum absolute atomic E-state index is 0. The summed E-state index contributed by atoms with van der Waals surface area (Å²) in [5.74, 6) is 0.508. The Kier molecular flexibility index (Phi) is 9.31. The number of nitrogens with two attached hydrogens (primary N) is 1. The maximum Gasteiger partial charge on any atom is 0.308 e. The Morgan fingerprint density at radius 3 is 2.36 bits per heavy atom. The van der Waals surface area contributed by atoms with Crippen molar-refractivity contribution in [1.82, 2.24) is 5.32 Å². The topological polar surface area (TPSA) is 90.6 Å². The first-order valence-corrected chi connectivity index (χ1v) is 8.55. The van der Waals surface area contributed by atoms with Gasteiger partial charge in [-0.2, -0.15) is 0 Å². The maximum atomic E-state index is 11.8. The fourth-order valence-corrected chi connectivity index (χ4v) is 2.84. The second-order valence-corrected chi connectivity index (χ2v) is 5.91. The molecule has 6 nitrogen and oxygen atoms in total. The van der Waals surface area contributed by atoms with Crippen molar-refractivity contribution >= 4 is 24.3 Å². The highest BCUT2D eigenvalue weighted by atomic mass is 35.5. The number of ether oxygens (including phenoxy) is 2. The van der Waals surface area contributed by atoms with E-state index in [1.807, 2.05) is 6.92 Å². The van der Waals surface area contributed by atoms with Crippen LogP contribution in [0, 0.1) is 5.92 Å². The molecular weight excluding hydrogens is 344 g/mol. The van der Waals surface area contributed by atoms with Crippen LogP contribution in [-0.2, 0) is 9.53 Å². The zero-order valence-electron chi connectivity index (χ0n) is 14.5. The number of halogens is 1. The second kappa shape index (κ2) is 10.9. The van der Waals surface area contributed by atoms with Crippen LogP contribution in [0.25, 0.3) is 0 Å². The van der Waals surface area contributed by atoms with Gasteiger partial charge in [0, 0.05) is 18.7 Å². The van der Waals surface area contributed by atoms with Crippen LogP contribution >= 0.6 is 12.4 Å². The predicted octanol–water partition coefficient (Wildman–Crippen LogP) is 2.30. The SMILES string of the molecule is CCOC(=O)[C@H]1CC[C@H](Oc2ccc(C(=O)NCCN)cc2)CC1.Cl. The molecule has 7 heteroatoms. The number of carbonyl (C=O) groups excluding carboxylic acids is 2. The Labute approximate surface area is 154 Å². The molecule has 0 heterocycles. The average molecular weight is 371 g/mol. The summed E-state index contributed by atoms with van der Waals surface area (Å²) in [5, 5.41) is 2.73. The lowest BCUT2D eigenvalue weighted by atomic mass is 9.87. The van der Waals surface area contributed by atoms with Gasteiger partial charge in [-0.3, -0.25) is 9.59 Å². The van der Waals surface area contributed by atoms with Crippen molar-refractivity contribution in [2.24, 2.45) is 11.7 Å². The van der Waals surface area contributed by atoms with E-state index in [0.29, 0.717) is 25.3 Å². The van der Waals surface area contributed by atoms with Crippen LogP contribution in [0.15, 0.2) is 24.3 Å². The number of nitrogens with one attached hydrogen (secondary N) is 1. The zero-order valence-corrected chi connectivity index (χ0v) is 15.3. The summed E-state index contributed by atoms with van der Waals surface area (Å²) in [4.78, 5) is 23.5. The van der Waals surface area contributed by atoms with E-state index in [1.54, 1.807) is 24.3 Å². The minimum Gasteiger partial charge on any atom is -0.490 e. The minimum atomic E-state index is -0.137. The van der Waals surface area contributed by atoms with E-state index < -0.39 is 0 Å². The van der Waals surface area contributed by atoms with E-state index in [1.165, 1.54) is 0 Å². The second-order valence-electron chi connectivity index (χ2n) is 5.91. The van der Waals surface area contributed by atoms with Crippen LogP contribution in [0.4, 0.5) is 0 Å². The van der Waals surface area contributed by atoms with E-state index in [2.05, 4.69) is 5.32 Å². The molecule has 2 rings (SSSR count). The van der Waals surface area contributed by atoms with Gasteiger partial charge in [0.15, 0.2) is 0 Å². The Morgan fingerprint density at radius 1 is 1.16 bits per heavy atom. The summed E-state index contributed by atoms with van der Waals surface area (Å²) in [5.41, 5.74) is 5.95. The Bertz CT molecular complexity index is 543. The number of benzene rings is 1. The average Bonchev–Trinajstić information content (AvgIpc) is 2.61. The lowest BCUT2D eigenvalue weighted by molar-refractivity contribution is -0.149. The van der Waals surface area contributed by atoms with E-state index >= 15 is 0 Å². The molecular formula is C18H27ClN2O4. The van der Waals surface area contributed by atoms with Crippen LogP contribution in [0.2, 0.25) is 0 Å². The molecule has 140 valence electrons. The van der Waals surface area contributed by atoms with Crippen molar-refractivity contribution in [3.8, 4) is 5.75 Å². The summed E-state index contributed by atoms with van der Waals surface area (Å²) < 4.78 is 11.0. The van der Waals surface area contributed by atoms with Gasteiger partial charge in [-0.05, 0) is 56.9 Å². The first-order valence-electron chi connectivity index (χ1n) is 8.55. The van der Waals surface area contributed by atoms with Gasteiger partial charge >= 0.3 is 5.97 Å². The molecule has 0 aromatic heterocycles. The third-order valence-electron chi connectivity index (χ3n) is 4.14. The van der Waals surface area contributed by atoms with Crippen LogP contribution < -0.4 is 15.8 Å². The summed E-state index contributed by atoms with van der Waals surface area (Å²) in [6, 6.07) is 7.08. The van der Waals surface area contributed by atoms with Crippen molar-refractivity contribution in [1.29, 1.82) is 0 Å². The van der Waals surface area contributed by atoms with E-state index in [-0.39, 0.29) is 36.3 Å². The van der Waals surface area contributed by atoms with E-state index in [4.69, 9.17) is 15.2 Å². The molecule has 0 unspecified atom stereocenters. The zero-order chi connectivity index (χ0) is 17.4. The standard InChI is InChI=1S/C18H26N2O4.ClH/c1-2-23-18(22)14-5-9-16(10-6-14)24-15-7-3-13(4-8-15)17(21)20-12-11-19;/h3-4,7-8,14,16H,2,5-6,9-12,19H2,1H3,(H,20,21);1H/t14-,16-;. The van der Waals surface area contributed by atoms with Crippen LogP contribution in [0.5, 0.6) is 5.75 Å². The van der Waals surface area contributed by atoms with E-state index in [9.17, 15) is 9.59 Å². The summed E-state index contributed by atoms with van der Waals surface area (Å²) >= 11 is 0. The van der Waals surface area contributed by atoms with Crippen molar-refractivity contribution in [2.45, 2.75) is 38.7 Å². The fraction of sp³-hybridized carbons (Fsp3) is 0.556. The van der Waals surface area contributed by atoms with Crippen molar-refractivity contribution in [2.75, 3.05) is 19.7 Å². The number of esters is 1. The van der Waals surface area contributed by atoms with Gasteiger partial charge in [0.25, 0.3) is 5.91 Å². The Morgan fingerprint density at radius 2 is 1.80 bits per heavy atom. The molecule has 25 heavy (non-hydrogen) atoms. The number of carbonyl (C=O) groups is 2. The van der Waals surface area contributed by atoms with Crippen molar-refractivity contribution in [3.63, 3.8) is 0 Å². The summed E-state index contributed by atoms with van der Waals surface area (Å²) in [7, 11) is 0. The first kappa shape index (κ1) is 21.3. The molecule has 0 bridgehead atoms. The Balaban J connectivity index is 0.00000312. The molecule has 0 saturated heterocycles. The third kappa shape index (κ3) is 6.55. The molecule has 1 fully saturated rings. The van der Waals surface area contributed by atoms with Gasteiger partial charge in [-0.25, -0.2) is 0 Å². The van der Waals surface area contributed by atoms with Gasteiger partial charge in [0.1, 0.15) is 5.75 Å². The molecule has 3 N–H and O–H groups in total. The van der Waals surface area contributed by atoms with Gasteiger partial charge in [0.05, 0.1) is 18.6 Å². The molecule has 1 saturated carbocycles. The normalized spacial score (nSPS) is 19.4. The number of rotatable bonds is 7. The predicted molar refractivity (Wildman–Crippen MR) is 98.1 cm³/mol. The van der Waals surface area contributed by atoms with Crippen LogP contribution in [-0.4, -0.2) is 37.7 Å². The van der Waals surface area contributed by atoms with Crippen LogP contribution in [0.1, 0.15) is 43.0 Å². The summed E-state index contributed by atoms with van der Waals surface area (Å²) in [6.07, 6.45) is 3.36. The lowest BCUT2D eigenvalue weighted by Gasteiger charge is -2.27. The van der Waals surface area contributed by atoms with Gasteiger partial charge < -0.3 is 20.5 Å². The number of hydrogen-bond acceptors (Lipinski definition) is 5. The quantitative estimate of drug-likeness (QED) is 0.718. The monoisotopic (exact) mass is 370 g/mol. The molecule has 0 atom stereocenters. The van der Waals surface area contributed by atoms with Crippen molar-refractivity contribution < 1.29 is 19.1 Å². The molecule has 1 aromatic carbocycles. The van der Waals surface area contributed by atoms with E-state index in [0.717, 1.165) is 31.4 Å². The highest BCUT2D eigenvalue weighted by Crippen LogP contribution is 2.28. The first-order chi connectivity index (χ1) is 11.6. The number of hydrogen-bond donors (Lipinski definition) is 2. The molecule has 1 aliphatic carbocycles. The van der Waals surface area contributed by atoms with Crippen LogP contribution in [0.3, 0.4) is 0 Å². The van der Waals surface area contributed by atoms with Gasteiger partial charge in [-0.1, -0.05) is 0 Å². The largest absolute Gasteiger partial charge is 0.490 e. The molecule has 0 radical (unpaired) electrons. The smallest absolute Gasteiger partial charge is 0.308 e. The van der Waals surface area contributed by atoms with Gasteiger partial charge in [0.2, 0.25) is 0 Å². The molecule has 0 aliphatic heterocycles. The molecule has 1 aromatic rings. The maximum absolute atomic E-state index is 11.8. The highest BCUT2D eigenvalue weighted by molar-refractivity contribution is 5.94. The third-order valence-corrected chi connectivity index (χ3v) is 4.14. The van der Waals surface area contributed by atoms with Crippen molar-refractivity contribution in [3.05, 3.63) is 29.8 Å².